The Labute approximate surface area is 170 Å². The first-order valence-corrected chi connectivity index (χ1v) is 10.8. The summed E-state index contributed by atoms with van der Waals surface area (Å²) < 4.78 is 1.01. The van der Waals surface area contributed by atoms with Gasteiger partial charge < -0.3 is 14.7 Å². The second kappa shape index (κ2) is 7.89. The largest absolute Gasteiger partial charge is 0.477 e. The number of benzene rings is 1. The molecule has 2 aliphatic heterocycles. The zero-order valence-corrected chi connectivity index (χ0v) is 17.7. The number of hydrogen-bond acceptors (Lipinski definition) is 4. The lowest BCUT2D eigenvalue weighted by molar-refractivity contribution is -0.936. The molecule has 1 fully saturated rings. The third kappa shape index (κ3) is 3.36. The fourth-order valence-corrected chi connectivity index (χ4v) is 5.76. The Bertz CT molecular complexity index is 791. The maximum Gasteiger partial charge on any atom is 0.353 e. The van der Waals surface area contributed by atoms with Crippen LogP contribution in [0, 0.1) is 5.92 Å². The first kappa shape index (κ1) is 20.9. The number of carbonyl (C=O) groups is 2. The van der Waals surface area contributed by atoms with Gasteiger partial charge in [-0.25, -0.2) is 4.79 Å². The minimum atomic E-state index is -1.11. The molecule has 2 aliphatic rings. The van der Waals surface area contributed by atoms with Gasteiger partial charge in [0.1, 0.15) is 17.6 Å². The van der Waals surface area contributed by atoms with E-state index in [1.807, 2.05) is 12.1 Å². The Morgan fingerprint density at radius 3 is 2.21 bits per heavy atom. The molecule has 0 bridgehead atoms. The highest BCUT2D eigenvalue weighted by atomic mass is 32.2. The van der Waals surface area contributed by atoms with Crippen LogP contribution in [-0.2, 0) is 16.1 Å². The number of carbonyl (C=O) groups excluding carboxylic acids is 1. The summed E-state index contributed by atoms with van der Waals surface area (Å²) in [5.74, 6) is -1.97. The van der Waals surface area contributed by atoms with Gasteiger partial charge >= 0.3 is 5.97 Å². The van der Waals surface area contributed by atoms with Gasteiger partial charge in [-0.15, -0.1) is 0 Å². The van der Waals surface area contributed by atoms with Crippen LogP contribution in [0.15, 0.2) is 30.0 Å². The molecule has 0 saturated carbocycles. The third-order valence-corrected chi connectivity index (χ3v) is 7.66. The Kier molecular flexibility index (Phi) is 5.89. The summed E-state index contributed by atoms with van der Waals surface area (Å²) in [5, 5.41) is 19.2. The number of amides is 1. The second-order valence-corrected chi connectivity index (χ2v) is 8.74. The van der Waals surface area contributed by atoms with Gasteiger partial charge in [0.2, 0.25) is 5.91 Å². The number of aliphatic hydroxyl groups is 1. The van der Waals surface area contributed by atoms with Crippen molar-refractivity contribution in [2.75, 3.05) is 19.6 Å². The smallest absolute Gasteiger partial charge is 0.353 e. The molecule has 0 spiro atoms. The van der Waals surface area contributed by atoms with Crippen LogP contribution in [0.3, 0.4) is 0 Å². The highest BCUT2D eigenvalue weighted by Crippen LogP contribution is 2.53. The number of aliphatic hydroxyl groups excluding tert-OH is 1. The monoisotopic (exact) mass is 405 g/mol. The number of hydrogen-bond donors (Lipinski definition) is 2. The summed E-state index contributed by atoms with van der Waals surface area (Å²) >= 11 is 1.36. The van der Waals surface area contributed by atoms with Gasteiger partial charge in [-0.05, 0) is 33.3 Å². The van der Waals surface area contributed by atoms with Crippen molar-refractivity contribution in [3.8, 4) is 0 Å². The Morgan fingerprint density at radius 2 is 1.75 bits per heavy atom. The standard InChI is InChI=1S/C21H28N2O4S/c1-5-23(6-2,7-3)12-14-8-10-15(11-9-14)18-17(21(26)27)22-19(25)16(13(4)24)20(22)28-18/h8-11,13,16,20,24H,5-7,12H2,1-4H3/p+1/t13-,16+,20-/m1/s1. The zero-order chi connectivity index (χ0) is 20.6. The minimum Gasteiger partial charge on any atom is -0.477 e. The molecular weight excluding hydrogens is 376 g/mol. The van der Waals surface area contributed by atoms with Gasteiger partial charge in [0.25, 0.3) is 0 Å². The third-order valence-electron chi connectivity index (χ3n) is 6.25. The predicted octanol–water partition coefficient (Wildman–Crippen LogP) is 2.73. The van der Waals surface area contributed by atoms with E-state index in [4.69, 9.17) is 0 Å². The summed E-state index contributed by atoms with van der Waals surface area (Å²) in [6, 6.07) is 8.01. The maximum absolute atomic E-state index is 12.3. The number of rotatable bonds is 8. The number of β-lactam (4-membered cyclic amide) rings is 1. The first-order valence-electron chi connectivity index (χ1n) is 9.88. The molecule has 1 amide bonds. The average Bonchev–Trinajstić information content (AvgIpc) is 3.01. The molecule has 0 radical (unpaired) electrons. The molecule has 3 atom stereocenters. The van der Waals surface area contributed by atoms with E-state index in [2.05, 4.69) is 32.9 Å². The maximum atomic E-state index is 12.3. The lowest BCUT2D eigenvalue weighted by Gasteiger charge is -2.43. The molecule has 6 nitrogen and oxygen atoms in total. The number of quaternary nitrogens is 1. The van der Waals surface area contributed by atoms with Crippen molar-refractivity contribution in [2.24, 2.45) is 5.92 Å². The molecule has 0 aromatic heterocycles. The molecule has 2 heterocycles. The van der Waals surface area contributed by atoms with Crippen molar-refractivity contribution in [1.82, 2.24) is 4.90 Å². The van der Waals surface area contributed by atoms with Crippen molar-refractivity contribution in [1.29, 1.82) is 0 Å². The van der Waals surface area contributed by atoms with Crippen molar-refractivity contribution in [3.63, 3.8) is 0 Å². The van der Waals surface area contributed by atoms with E-state index in [1.165, 1.54) is 22.2 Å². The number of nitrogens with zero attached hydrogens (tertiary/aromatic N) is 2. The highest BCUT2D eigenvalue weighted by Gasteiger charge is 2.57. The van der Waals surface area contributed by atoms with Crippen molar-refractivity contribution in [3.05, 3.63) is 41.1 Å². The van der Waals surface area contributed by atoms with Gasteiger partial charge in [-0.1, -0.05) is 36.0 Å². The van der Waals surface area contributed by atoms with Crippen LogP contribution < -0.4 is 0 Å². The summed E-state index contributed by atoms with van der Waals surface area (Å²) in [7, 11) is 0. The number of carboxylic acids is 1. The van der Waals surface area contributed by atoms with Crippen LogP contribution in [0.5, 0.6) is 0 Å². The van der Waals surface area contributed by atoms with E-state index in [0.29, 0.717) is 4.91 Å². The van der Waals surface area contributed by atoms with Crippen LogP contribution in [0.4, 0.5) is 0 Å². The molecule has 1 saturated heterocycles. The number of fused-ring (bicyclic) bond motifs is 1. The van der Waals surface area contributed by atoms with Crippen LogP contribution in [0.25, 0.3) is 4.91 Å². The molecule has 7 heteroatoms. The van der Waals surface area contributed by atoms with E-state index in [1.54, 1.807) is 6.92 Å². The highest BCUT2D eigenvalue weighted by molar-refractivity contribution is 8.09. The lowest BCUT2D eigenvalue weighted by Crippen LogP contribution is -2.60. The van der Waals surface area contributed by atoms with Crippen LogP contribution in [0.2, 0.25) is 0 Å². The topological polar surface area (TPSA) is 77.8 Å². The van der Waals surface area contributed by atoms with E-state index in [-0.39, 0.29) is 17.0 Å². The van der Waals surface area contributed by atoms with E-state index >= 15 is 0 Å². The predicted molar refractivity (Wildman–Crippen MR) is 110 cm³/mol. The summed E-state index contributed by atoms with van der Waals surface area (Å²) in [6.45, 7) is 12.3. The van der Waals surface area contributed by atoms with E-state index in [0.717, 1.165) is 36.2 Å². The van der Waals surface area contributed by atoms with Gasteiger partial charge in [0, 0.05) is 10.5 Å². The summed E-state index contributed by atoms with van der Waals surface area (Å²) in [5.41, 5.74) is 2.06. The molecule has 28 heavy (non-hydrogen) atoms. The molecular formula is C21H29N2O4S+. The van der Waals surface area contributed by atoms with Crippen molar-refractivity contribution >= 4 is 28.5 Å². The van der Waals surface area contributed by atoms with Crippen LogP contribution in [-0.4, -0.2) is 62.6 Å². The van der Waals surface area contributed by atoms with Crippen molar-refractivity contribution in [2.45, 2.75) is 45.7 Å². The Hall–Kier alpha value is -1.83. The van der Waals surface area contributed by atoms with Crippen molar-refractivity contribution < 1.29 is 24.3 Å². The zero-order valence-electron chi connectivity index (χ0n) is 16.9. The van der Waals surface area contributed by atoms with E-state index < -0.39 is 18.0 Å². The van der Waals surface area contributed by atoms with Crippen LogP contribution >= 0.6 is 11.8 Å². The number of carboxylic acid groups (broad SMARTS) is 1. The first-order chi connectivity index (χ1) is 13.3. The quantitative estimate of drug-likeness (QED) is 0.514. The average molecular weight is 406 g/mol. The summed E-state index contributed by atoms with van der Waals surface area (Å²) in [4.78, 5) is 26.1. The van der Waals surface area contributed by atoms with Crippen LogP contribution in [0.1, 0.15) is 38.8 Å². The molecule has 1 aromatic rings. The number of thioether (sulfide) groups is 1. The van der Waals surface area contributed by atoms with Gasteiger partial charge in [-0.2, -0.15) is 0 Å². The Balaban J connectivity index is 1.87. The van der Waals surface area contributed by atoms with Gasteiger partial charge in [-0.3, -0.25) is 9.69 Å². The molecule has 0 unspecified atom stereocenters. The normalized spacial score (nSPS) is 22.9. The minimum absolute atomic E-state index is 0.0328. The van der Waals surface area contributed by atoms with Gasteiger partial charge in [0.05, 0.1) is 31.7 Å². The molecule has 152 valence electrons. The lowest BCUT2D eigenvalue weighted by atomic mass is 9.92. The summed E-state index contributed by atoms with van der Waals surface area (Å²) in [6.07, 6.45) is -0.791. The molecule has 3 rings (SSSR count). The van der Waals surface area contributed by atoms with E-state index in [9.17, 15) is 19.8 Å². The Morgan fingerprint density at radius 1 is 1.18 bits per heavy atom. The molecule has 2 N–H and O–H groups in total. The number of aliphatic carboxylic acids is 1. The van der Waals surface area contributed by atoms with Gasteiger partial charge in [0.15, 0.2) is 0 Å². The molecule has 1 aromatic carbocycles. The fraction of sp³-hybridized carbons (Fsp3) is 0.524. The second-order valence-electron chi connectivity index (χ2n) is 7.61. The fourth-order valence-electron chi connectivity index (χ4n) is 4.14. The molecule has 0 aliphatic carbocycles. The SMILES string of the molecule is CC[N+](CC)(CC)Cc1ccc(C2=C(C(=O)O)N3C(=O)[C@H]([C@@H](C)O)[C@H]3S2)cc1.